The van der Waals surface area contributed by atoms with Gasteiger partial charge >= 0.3 is 0 Å². The van der Waals surface area contributed by atoms with Crippen molar-refractivity contribution in [1.82, 2.24) is 15.1 Å². The molecule has 0 radical (unpaired) electrons. The van der Waals surface area contributed by atoms with Crippen LogP contribution in [0.25, 0.3) is 0 Å². The van der Waals surface area contributed by atoms with Crippen molar-refractivity contribution in [1.29, 1.82) is 0 Å². The predicted octanol–water partition coefficient (Wildman–Crippen LogP) is 3.78. The maximum Gasteiger partial charge on any atom is 0.129 e. The van der Waals surface area contributed by atoms with Gasteiger partial charge in [0, 0.05) is 28.4 Å². The van der Waals surface area contributed by atoms with E-state index in [0.717, 1.165) is 18.5 Å². The summed E-state index contributed by atoms with van der Waals surface area (Å²) in [7, 11) is 0. The Hall–Kier alpha value is -1.39. The number of nitrogens with one attached hydrogen (secondary N) is 1. The standard InChI is InChI=1S/C15H19ClFN3/c1-3-15(18-4-2)11-8-19-20(9-11)10-12-13(16)6-5-7-14(12)17/h5-9,15,18H,3-4,10H2,1-2H3. The zero-order valence-electron chi connectivity index (χ0n) is 11.7. The van der Waals surface area contributed by atoms with Gasteiger partial charge in [-0.25, -0.2) is 4.39 Å². The van der Waals surface area contributed by atoms with Crippen LogP contribution in [0.3, 0.4) is 0 Å². The minimum Gasteiger partial charge on any atom is -0.310 e. The van der Waals surface area contributed by atoms with E-state index < -0.39 is 0 Å². The highest BCUT2D eigenvalue weighted by Crippen LogP contribution is 2.21. The van der Waals surface area contributed by atoms with E-state index in [1.165, 1.54) is 6.07 Å². The molecule has 0 aliphatic carbocycles. The molecule has 1 unspecified atom stereocenters. The van der Waals surface area contributed by atoms with E-state index in [0.29, 0.717) is 17.1 Å². The third kappa shape index (κ3) is 3.38. The predicted molar refractivity (Wildman–Crippen MR) is 79.4 cm³/mol. The third-order valence-corrected chi connectivity index (χ3v) is 3.65. The van der Waals surface area contributed by atoms with Gasteiger partial charge in [-0.2, -0.15) is 5.10 Å². The number of aromatic nitrogens is 2. The van der Waals surface area contributed by atoms with Crippen molar-refractivity contribution in [3.05, 3.63) is 52.6 Å². The van der Waals surface area contributed by atoms with Crippen molar-refractivity contribution >= 4 is 11.6 Å². The highest BCUT2D eigenvalue weighted by Gasteiger charge is 2.12. The molecule has 0 amide bonds. The van der Waals surface area contributed by atoms with Gasteiger partial charge < -0.3 is 5.32 Å². The van der Waals surface area contributed by atoms with Crippen molar-refractivity contribution in [2.75, 3.05) is 6.54 Å². The molecule has 108 valence electrons. The molecular formula is C15H19ClFN3. The Balaban J connectivity index is 2.17. The van der Waals surface area contributed by atoms with E-state index in [1.807, 2.05) is 12.4 Å². The molecule has 0 fully saturated rings. The molecule has 1 aromatic heterocycles. The molecule has 5 heteroatoms. The highest BCUT2D eigenvalue weighted by atomic mass is 35.5. The van der Waals surface area contributed by atoms with Crippen molar-refractivity contribution in [2.45, 2.75) is 32.9 Å². The molecule has 3 nitrogen and oxygen atoms in total. The number of nitrogens with zero attached hydrogens (tertiary/aromatic N) is 2. The van der Waals surface area contributed by atoms with Crippen LogP contribution in [0, 0.1) is 5.82 Å². The summed E-state index contributed by atoms with van der Waals surface area (Å²) in [4.78, 5) is 0. The minimum atomic E-state index is -0.298. The van der Waals surface area contributed by atoms with E-state index >= 15 is 0 Å². The maximum absolute atomic E-state index is 13.8. The molecule has 0 saturated heterocycles. The Morgan fingerprint density at radius 1 is 1.40 bits per heavy atom. The van der Waals surface area contributed by atoms with Gasteiger partial charge in [0.1, 0.15) is 5.82 Å². The molecule has 20 heavy (non-hydrogen) atoms. The molecule has 0 spiro atoms. The Kier molecular flexibility index (Phi) is 5.15. The highest BCUT2D eigenvalue weighted by molar-refractivity contribution is 6.31. The summed E-state index contributed by atoms with van der Waals surface area (Å²) in [5, 5.41) is 8.12. The summed E-state index contributed by atoms with van der Waals surface area (Å²) in [6.07, 6.45) is 4.76. The van der Waals surface area contributed by atoms with Crippen LogP contribution in [0.4, 0.5) is 4.39 Å². The van der Waals surface area contributed by atoms with E-state index in [-0.39, 0.29) is 11.9 Å². The fraction of sp³-hybridized carbons (Fsp3) is 0.400. The van der Waals surface area contributed by atoms with Gasteiger partial charge in [0.05, 0.1) is 12.7 Å². The van der Waals surface area contributed by atoms with Crippen molar-refractivity contribution in [2.24, 2.45) is 0 Å². The lowest BCUT2D eigenvalue weighted by atomic mass is 10.1. The quantitative estimate of drug-likeness (QED) is 0.879. The number of rotatable bonds is 6. The molecule has 0 aliphatic rings. The zero-order chi connectivity index (χ0) is 14.5. The second-order valence-electron chi connectivity index (χ2n) is 4.69. The average molecular weight is 296 g/mol. The molecule has 0 aliphatic heterocycles. The molecule has 1 aromatic carbocycles. The van der Waals surface area contributed by atoms with Crippen LogP contribution in [0.5, 0.6) is 0 Å². The van der Waals surface area contributed by atoms with Gasteiger partial charge in [0.2, 0.25) is 0 Å². The molecule has 1 atom stereocenters. The fourth-order valence-corrected chi connectivity index (χ4v) is 2.46. The molecule has 2 aromatic rings. The Bertz CT molecular complexity index is 548. The summed E-state index contributed by atoms with van der Waals surface area (Å²) < 4.78 is 15.5. The lowest BCUT2D eigenvalue weighted by molar-refractivity contribution is 0.536. The number of hydrogen-bond acceptors (Lipinski definition) is 2. The first-order valence-corrected chi connectivity index (χ1v) is 7.22. The zero-order valence-corrected chi connectivity index (χ0v) is 12.5. The summed E-state index contributed by atoms with van der Waals surface area (Å²) in [6.45, 7) is 5.45. The number of hydrogen-bond donors (Lipinski definition) is 1. The molecule has 2 rings (SSSR count). The van der Waals surface area contributed by atoms with Crippen molar-refractivity contribution in [3.63, 3.8) is 0 Å². The third-order valence-electron chi connectivity index (χ3n) is 3.30. The van der Waals surface area contributed by atoms with Crippen LogP contribution in [0.1, 0.15) is 37.4 Å². The van der Waals surface area contributed by atoms with Gasteiger partial charge in [-0.3, -0.25) is 4.68 Å². The largest absolute Gasteiger partial charge is 0.310 e. The molecule has 1 heterocycles. The Labute approximate surface area is 123 Å². The minimum absolute atomic E-state index is 0.282. The summed E-state index contributed by atoms with van der Waals surface area (Å²) in [5.41, 5.74) is 1.59. The van der Waals surface area contributed by atoms with Crippen molar-refractivity contribution < 1.29 is 4.39 Å². The van der Waals surface area contributed by atoms with Crippen LogP contribution < -0.4 is 5.32 Å². The summed E-state index contributed by atoms with van der Waals surface area (Å²) >= 11 is 6.03. The van der Waals surface area contributed by atoms with E-state index in [9.17, 15) is 4.39 Å². The normalized spacial score (nSPS) is 12.6. The van der Waals surface area contributed by atoms with E-state index in [4.69, 9.17) is 11.6 Å². The van der Waals surface area contributed by atoms with Gasteiger partial charge in [-0.15, -0.1) is 0 Å². The fourth-order valence-electron chi connectivity index (χ4n) is 2.24. The first kappa shape index (κ1) is 15.0. The van der Waals surface area contributed by atoms with Gasteiger partial charge in [-0.1, -0.05) is 31.5 Å². The Morgan fingerprint density at radius 2 is 2.20 bits per heavy atom. The molecule has 0 bridgehead atoms. The first-order chi connectivity index (χ1) is 9.65. The SMILES string of the molecule is CCNC(CC)c1cnn(Cc2c(F)cccc2Cl)c1. The smallest absolute Gasteiger partial charge is 0.129 e. The lowest BCUT2D eigenvalue weighted by Gasteiger charge is -2.13. The second-order valence-corrected chi connectivity index (χ2v) is 5.10. The maximum atomic E-state index is 13.8. The van der Waals surface area contributed by atoms with Crippen molar-refractivity contribution in [3.8, 4) is 0 Å². The second kappa shape index (κ2) is 6.86. The van der Waals surface area contributed by atoms with Crippen LogP contribution >= 0.6 is 11.6 Å². The molecule has 0 saturated carbocycles. The molecular weight excluding hydrogens is 277 g/mol. The lowest BCUT2D eigenvalue weighted by Crippen LogP contribution is -2.19. The van der Waals surface area contributed by atoms with Gasteiger partial charge in [-0.05, 0) is 25.1 Å². The van der Waals surface area contributed by atoms with Crippen LogP contribution in [0.15, 0.2) is 30.6 Å². The Morgan fingerprint density at radius 3 is 2.85 bits per heavy atom. The van der Waals surface area contributed by atoms with Crippen LogP contribution in [0.2, 0.25) is 5.02 Å². The van der Waals surface area contributed by atoms with Crippen LogP contribution in [-0.2, 0) is 6.54 Å². The monoisotopic (exact) mass is 295 g/mol. The topological polar surface area (TPSA) is 29.9 Å². The van der Waals surface area contributed by atoms with E-state index in [1.54, 1.807) is 16.8 Å². The van der Waals surface area contributed by atoms with Gasteiger partial charge in [0.15, 0.2) is 0 Å². The molecule has 1 N–H and O–H groups in total. The summed E-state index contributed by atoms with van der Waals surface area (Å²) in [6, 6.07) is 5.00. The first-order valence-electron chi connectivity index (χ1n) is 6.84. The number of benzene rings is 1. The number of halogens is 2. The average Bonchev–Trinajstić information content (AvgIpc) is 2.89. The van der Waals surface area contributed by atoms with Crippen LogP contribution in [-0.4, -0.2) is 16.3 Å². The summed E-state index contributed by atoms with van der Waals surface area (Å²) in [5.74, 6) is -0.298. The van der Waals surface area contributed by atoms with Gasteiger partial charge in [0.25, 0.3) is 0 Å². The van der Waals surface area contributed by atoms with E-state index in [2.05, 4.69) is 24.3 Å².